The Morgan fingerprint density at radius 3 is 2.58 bits per heavy atom. The Morgan fingerprint density at radius 1 is 1.23 bits per heavy atom. The lowest BCUT2D eigenvalue weighted by Crippen LogP contribution is -2.36. The van der Waals surface area contributed by atoms with E-state index < -0.39 is 11.1 Å². The van der Waals surface area contributed by atoms with Gasteiger partial charge >= 0.3 is 0 Å². The van der Waals surface area contributed by atoms with Crippen LogP contribution in [0.15, 0.2) is 23.1 Å². The van der Waals surface area contributed by atoms with Crippen LogP contribution in [-0.4, -0.2) is 25.8 Å². The Morgan fingerprint density at radius 2 is 1.96 bits per heavy atom. The van der Waals surface area contributed by atoms with Crippen molar-refractivity contribution in [3.8, 4) is 11.6 Å². The summed E-state index contributed by atoms with van der Waals surface area (Å²) in [4.78, 5) is 16.5. The van der Waals surface area contributed by atoms with Gasteiger partial charge in [0.1, 0.15) is 11.8 Å². The van der Waals surface area contributed by atoms with Gasteiger partial charge in [-0.3, -0.25) is 4.79 Å². The second-order valence-electron chi connectivity index (χ2n) is 6.49. The Hall–Kier alpha value is -1.06. The van der Waals surface area contributed by atoms with Gasteiger partial charge in [0.05, 0.1) is 18.3 Å². The standard InChI is InChI=1S/C17H20Cl2IN3O3/c1-17(2,3)23-16(24)14(18)12(9-21-23)26-10-11-5-6-13(22-15(11)19)25-8-4-7-20/h5-6,9H,4,7-8,10H2,1-3H3. The van der Waals surface area contributed by atoms with Gasteiger partial charge < -0.3 is 9.47 Å². The monoisotopic (exact) mass is 511 g/mol. The van der Waals surface area contributed by atoms with E-state index in [0.29, 0.717) is 18.1 Å². The third-order valence-corrected chi connectivity index (χ3v) is 4.77. The van der Waals surface area contributed by atoms with Crippen molar-refractivity contribution in [1.82, 2.24) is 14.8 Å². The predicted molar refractivity (Wildman–Crippen MR) is 111 cm³/mol. The fraction of sp³-hybridized carbons (Fsp3) is 0.471. The van der Waals surface area contributed by atoms with E-state index in [9.17, 15) is 4.79 Å². The molecule has 6 nitrogen and oxygen atoms in total. The first-order valence-electron chi connectivity index (χ1n) is 7.99. The van der Waals surface area contributed by atoms with Crippen molar-refractivity contribution in [2.45, 2.75) is 39.3 Å². The molecule has 0 atom stereocenters. The van der Waals surface area contributed by atoms with E-state index >= 15 is 0 Å². The van der Waals surface area contributed by atoms with Gasteiger partial charge in [-0.05, 0) is 33.3 Å². The number of aromatic nitrogens is 3. The van der Waals surface area contributed by atoms with Gasteiger partial charge in [0, 0.05) is 16.1 Å². The molecule has 9 heteroatoms. The zero-order valence-corrected chi connectivity index (χ0v) is 18.4. The van der Waals surface area contributed by atoms with E-state index in [-0.39, 0.29) is 22.5 Å². The SMILES string of the molecule is CC(C)(C)n1ncc(OCc2ccc(OCCCI)nc2Cl)c(Cl)c1=O. The topological polar surface area (TPSA) is 66.2 Å². The molecule has 0 aromatic carbocycles. The van der Waals surface area contributed by atoms with E-state index in [0.717, 1.165) is 10.8 Å². The van der Waals surface area contributed by atoms with E-state index in [4.69, 9.17) is 32.7 Å². The molecule has 0 unspecified atom stereocenters. The Labute approximate surface area is 176 Å². The maximum Gasteiger partial charge on any atom is 0.289 e. The highest BCUT2D eigenvalue weighted by Crippen LogP contribution is 2.24. The van der Waals surface area contributed by atoms with E-state index in [1.165, 1.54) is 10.9 Å². The first kappa shape index (κ1) is 21.2. The number of hydrogen-bond acceptors (Lipinski definition) is 5. The van der Waals surface area contributed by atoms with Crippen molar-refractivity contribution < 1.29 is 9.47 Å². The first-order chi connectivity index (χ1) is 12.2. The number of nitrogens with zero attached hydrogens (tertiary/aromatic N) is 3. The van der Waals surface area contributed by atoms with Crippen LogP contribution in [-0.2, 0) is 12.1 Å². The summed E-state index contributed by atoms with van der Waals surface area (Å²) in [7, 11) is 0. The molecule has 0 fully saturated rings. The third-order valence-electron chi connectivity index (χ3n) is 3.33. The summed E-state index contributed by atoms with van der Waals surface area (Å²) < 4.78 is 13.5. The lowest BCUT2D eigenvalue weighted by atomic mass is 10.1. The molecule has 0 bridgehead atoms. The van der Waals surface area contributed by atoms with Gasteiger partial charge in [-0.2, -0.15) is 5.10 Å². The summed E-state index contributed by atoms with van der Waals surface area (Å²) in [5, 5.41) is 4.39. The van der Waals surface area contributed by atoms with Crippen molar-refractivity contribution in [3.63, 3.8) is 0 Å². The van der Waals surface area contributed by atoms with Crippen molar-refractivity contribution in [3.05, 3.63) is 44.4 Å². The van der Waals surface area contributed by atoms with Crippen LogP contribution in [0.5, 0.6) is 11.6 Å². The highest BCUT2D eigenvalue weighted by atomic mass is 127. The maximum atomic E-state index is 12.3. The zero-order valence-electron chi connectivity index (χ0n) is 14.8. The molecule has 0 spiro atoms. The van der Waals surface area contributed by atoms with Gasteiger partial charge in [0.2, 0.25) is 5.88 Å². The zero-order chi connectivity index (χ0) is 19.3. The van der Waals surface area contributed by atoms with Crippen LogP contribution in [0.2, 0.25) is 10.2 Å². The summed E-state index contributed by atoms with van der Waals surface area (Å²) in [6, 6.07) is 3.50. The molecule has 0 saturated carbocycles. The van der Waals surface area contributed by atoms with Gasteiger partial charge in [-0.1, -0.05) is 45.8 Å². The summed E-state index contributed by atoms with van der Waals surface area (Å²) in [6.45, 7) is 6.31. The predicted octanol–water partition coefficient (Wildman–Crippen LogP) is 4.48. The normalized spacial score (nSPS) is 11.5. The lowest BCUT2D eigenvalue weighted by Gasteiger charge is -2.21. The number of rotatable bonds is 7. The lowest BCUT2D eigenvalue weighted by molar-refractivity contribution is 0.289. The molecule has 2 aromatic heterocycles. The fourth-order valence-electron chi connectivity index (χ4n) is 2.02. The van der Waals surface area contributed by atoms with Crippen LogP contribution >= 0.6 is 45.8 Å². The molecule has 0 radical (unpaired) electrons. The number of alkyl halides is 1. The van der Waals surface area contributed by atoms with Gasteiger partial charge in [-0.15, -0.1) is 0 Å². The van der Waals surface area contributed by atoms with E-state index in [1.54, 1.807) is 12.1 Å². The van der Waals surface area contributed by atoms with E-state index in [2.05, 4.69) is 32.7 Å². The van der Waals surface area contributed by atoms with Gasteiger partial charge in [-0.25, -0.2) is 9.67 Å². The van der Waals surface area contributed by atoms with Crippen molar-refractivity contribution in [1.29, 1.82) is 0 Å². The molecule has 0 aliphatic rings. The average molecular weight is 512 g/mol. The average Bonchev–Trinajstić information content (AvgIpc) is 2.56. The molecule has 2 aromatic rings. The Bertz CT molecular complexity index is 822. The summed E-state index contributed by atoms with van der Waals surface area (Å²) in [5.41, 5.74) is -0.219. The minimum Gasteiger partial charge on any atom is -0.485 e. The third kappa shape index (κ3) is 5.47. The van der Waals surface area contributed by atoms with Crippen LogP contribution in [0.3, 0.4) is 0 Å². The van der Waals surface area contributed by atoms with Crippen molar-refractivity contribution in [2.75, 3.05) is 11.0 Å². The highest BCUT2D eigenvalue weighted by Gasteiger charge is 2.20. The second kappa shape index (κ2) is 9.23. The largest absolute Gasteiger partial charge is 0.485 e. The summed E-state index contributed by atoms with van der Waals surface area (Å²) in [5.74, 6) is 0.673. The molecule has 0 saturated heterocycles. The molecule has 0 N–H and O–H groups in total. The fourth-order valence-corrected chi connectivity index (χ4v) is 2.71. The van der Waals surface area contributed by atoms with Crippen LogP contribution in [0.25, 0.3) is 0 Å². The Balaban J connectivity index is 2.09. The molecule has 0 amide bonds. The van der Waals surface area contributed by atoms with Crippen LogP contribution in [0.4, 0.5) is 0 Å². The molecular formula is C17H20Cl2IN3O3. The Kier molecular flexibility index (Phi) is 7.54. The molecule has 2 rings (SSSR count). The molecule has 0 aliphatic heterocycles. The van der Waals surface area contributed by atoms with Crippen LogP contribution in [0, 0.1) is 0 Å². The molecular weight excluding hydrogens is 492 g/mol. The molecule has 0 aliphatic carbocycles. The number of halogens is 3. The molecule has 142 valence electrons. The van der Waals surface area contributed by atoms with Crippen LogP contribution < -0.4 is 15.0 Å². The molecule has 26 heavy (non-hydrogen) atoms. The number of hydrogen-bond donors (Lipinski definition) is 0. The number of ether oxygens (including phenoxy) is 2. The smallest absolute Gasteiger partial charge is 0.289 e. The minimum absolute atomic E-state index is 0.0160. The second-order valence-corrected chi connectivity index (χ2v) is 8.30. The quantitative estimate of drug-likeness (QED) is 0.237. The summed E-state index contributed by atoms with van der Waals surface area (Å²) >= 11 is 14.6. The van der Waals surface area contributed by atoms with Crippen LogP contribution in [0.1, 0.15) is 32.8 Å². The van der Waals surface area contributed by atoms with Gasteiger partial charge in [0.25, 0.3) is 5.56 Å². The first-order valence-corrected chi connectivity index (χ1v) is 10.3. The number of pyridine rings is 1. The van der Waals surface area contributed by atoms with E-state index in [1.807, 2.05) is 20.8 Å². The maximum absolute atomic E-state index is 12.3. The molecule has 2 heterocycles. The van der Waals surface area contributed by atoms with Gasteiger partial charge in [0.15, 0.2) is 10.8 Å². The summed E-state index contributed by atoms with van der Waals surface area (Å²) in [6.07, 6.45) is 2.37. The van der Waals surface area contributed by atoms with Crippen molar-refractivity contribution in [2.24, 2.45) is 0 Å². The van der Waals surface area contributed by atoms with Crippen molar-refractivity contribution >= 4 is 45.8 Å². The minimum atomic E-state index is -0.473. The highest BCUT2D eigenvalue weighted by molar-refractivity contribution is 14.1.